The molecule has 1 aliphatic heterocycles. The Morgan fingerprint density at radius 2 is 1.94 bits per heavy atom. The number of nitrogens with two attached hydrogens (primary N) is 1. The first-order valence-electron chi connectivity index (χ1n) is 5.49. The van der Waals surface area contributed by atoms with E-state index in [9.17, 15) is 13.2 Å². The maximum Gasteiger partial charge on any atom is 0.270 e. The van der Waals surface area contributed by atoms with E-state index in [0.29, 0.717) is 0 Å². The number of primary sulfonamides is 1. The number of nitrogens with one attached hydrogen (secondary N) is 1. The normalized spacial score (nSPS) is 17.1. The van der Waals surface area contributed by atoms with Crippen LogP contribution in [-0.2, 0) is 10.0 Å². The smallest absolute Gasteiger partial charge is 0.270 e. The number of hydrogen-bond acceptors (Lipinski definition) is 3. The Morgan fingerprint density at radius 1 is 1.29 bits per heavy atom. The minimum atomic E-state index is -3.75. The van der Waals surface area contributed by atoms with Crippen LogP contribution in [0.5, 0.6) is 0 Å². The monoisotopic (exact) mass is 257 g/mol. The van der Waals surface area contributed by atoms with Gasteiger partial charge in [-0.2, -0.15) is 0 Å². The van der Waals surface area contributed by atoms with Crippen molar-refractivity contribution in [1.82, 2.24) is 9.88 Å². The molecule has 2 rings (SSSR count). The largest absolute Gasteiger partial charge is 0.356 e. The second-order valence-corrected chi connectivity index (χ2v) is 5.71. The van der Waals surface area contributed by atoms with Crippen molar-refractivity contribution >= 4 is 15.9 Å². The summed E-state index contributed by atoms with van der Waals surface area (Å²) in [6, 6.07) is 1.28. The Bertz CT molecular complexity index is 515. The van der Waals surface area contributed by atoms with Crippen LogP contribution >= 0.6 is 0 Å². The molecule has 1 aliphatic rings. The Hall–Kier alpha value is -1.34. The molecule has 3 N–H and O–H groups in total. The van der Waals surface area contributed by atoms with Gasteiger partial charge < -0.3 is 9.88 Å². The maximum atomic E-state index is 12.0. The molecule has 1 aromatic heterocycles. The second kappa shape index (κ2) is 4.50. The van der Waals surface area contributed by atoms with Gasteiger partial charge in [0.05, 0.1) is 4.90 Å². The van der Waals surface area contributed by atoms with Gasteiger partial charge in [0.25, 0.3) is 5.91 Å². The molecule has 1 saturated heterocycles. The quantitative estimate of drug-likeness (QED) is 0.796. The lowest BCUT2D eigenvalue weighted by Crippen LogP contribution is -2.35. The van der Waals surface area contributed by atoms with Crippen molar-refractivity contribution in [2.75, 3.05) is 13.1 Å². The molecule has 0 saturated carbocycles. The first kappa shape index (κ1) is 12.1. The lowest BCUT2D eigenvalue weighted by atomic mass is 10.1. The number of nitrogens with zero attached hydrogens (tertiary/aromatic N) is 1. The highest BCUT2D eigenvalue weighted by Crippen LogP contribution is 2.14. The van der Waals surface area contributed by atoms with Crippen LogP contribution in [0.1, 0.15) is 29.8 Å². The molecule has 1 amide bonds. The fourth-order valence-electron chi connectivity index (χ4n) is 1.93. The summed E-state index contributed by atoms with van der Waals surface area (Å²) in [5.41, 5.74) is 0.274. The molecular weight excluding hydrogens is 242 g/mol. The number of rotatable bonds is 2. The summed E-state index contributed by atoms with van der Waals surface area (Å²) in [6.07, 6.45) is 4.37. The molecule has 94 valence electrons. The molecule has 0 spiro atoms. The molecule has 7 heteroatoms. The van der Waals surface area contributed by atoms with Gasteiger partial charge in [-0.3, -0.25) is 4.79 Å². The molecule has 6 nitrogen and oxygen atoms in total. The number of sulfonamides is 1. The lowest BCUT2D eigenvalue weighted by molar-refractivity contribution is 0.0719. The Labute approximate surface area is 99.8 Å². The van der Waals surface area contributed by atoms with E-state index >= 15 is 0 Å². The van der Waals surface area contributed by atoms with Gasteiger partial charge in [-0.15, -0.1) is 0 Å². The number of hydrogen-bond donors (Lipinski definition) is 2. The highest BCUT2D eigenvalue weighted by Gasteiger charge is 2.21. The number of aromatic amines is 1. The van der Waals surface area contributed by atoms with Crippen molar-refractivity contribution in [3.8, 4) is 0 Å². The average Bonchev–Trinajstić information content (AvgIpc) is 2.78. The van der Waals surface area contributed by atoms with E-state index in [0.717, 1.165) is 32.4 Å². The Kier molecular flexibility index (Phi) is 3.21. The fourth-order valence-corrected chi connectivity index (χ4v) is 2.43. The van der Waals surface area contributed by atoms with Crippen molar-refractivity contribution in [3.05, 3.63) is 18.0 Å². The third-order valence-corrected chi connectivity index (χ3v) is 3.75. The van der Waals surface area contributed by atoms with E-state index in [1.165, 1.54) is 12.3 Å². The number of H-pyrrole nitrogens is 1. The molecule has 17 heavy (non-hydrogen) atoms. The van der Waals surface area contributed by atoms with Crippen LogP contribution in [0.15, 0.2) is 17.2 Å². The van der Waals surface area contributed by atoms with Crippen molar-refractivity contribution in [3.63, 3.8) is 0 Å². The minimum Gasteiger partial charge on any atom is -0.356 e. The molecular formula is C10H15N3O3S. The van der Waals surface area contributed by atoms with Gasteiger partial charge in [0.15, 0.2) is 0 Å². The minimum absolute atomic E-state index is 0.0575. The van der Waals surface area contributed by atoms with Crippen LogP contribution in [-0.4, -0.2) is 37.3 Å². The number of piperidine rings is 1. The Morgan fingerprint density at radius 3 is 2.47 bits per heavy atom. The number of carbonyl (C=O) groups excluding carboxylic acids is 1. The molecule has 1 fully saturated rings. The highest BCUT2D eigenvalue weighted by molar-refractivity contribution is 7.89. The van der Waals surface area contributed by atoms with E-state index < -0.39 is 10.0 Å². The molecule has 0 aliphatic carbocycles. The molecule has 1 aromatic rings. The summed E-state index contributed by atoms with van der Waals surface area (Å²) < 4.78 is 22.2. The van der Waals surface area contributed by atoms with Crippen LogP contribution in [0.4, 0.5) is 0 Å². The zero-order chi connectivity index (χ0) is 12.5. The predicted molar refractivity (Wildman–Crippen MR) is 61.9 cm³/mol. The Balaban J connectivity index is 2.17. The summed E-state index contributed by atoms with van der Waals surface area (Å²) in [6.45, 7) is 1.45. The van der Waals surface area contributed by atoms with Crippen LogP contribution < -0.4 is 5.14 Å². The molecule has 0 atom stereocenters. The predicted octanol–water partition coefficient (Wildman–Crippen LogP) is 0.288. The first-order valence-corrected chi connectivity index (χ1v) is 7.03. The number of aromatic nitrogens is 1. The summed E-state index contributed by atoms with van der Waals surface area (Å²) in [4.78, 5) is 16.3. The van der Waals surface area contributed by atoms with Crippen LogP contribution in [0, 0.1) is 0 Å². The topological polar surface area (TPSA) is 96.3 Å². The fraction of sp³-hybridized carbons (Fsp3) is 0.500. The second-order valence-electron chi connectivity index (χ2n) is 4.15. The van der Waals surface area contributed by atoms with Gasteiger partial charge in [-0.05, 0) is 25.3 Å². The molecule has 0 bridgehead atoms. The van der Waals surface area contributed by atoms with Crippen molar-refractivity contribution in [1.29, 1.82) is 0 Å². The van der Waals surface area contributed by atoms with Gasteiger partial charge in [-0.1, -0.05) is 0 Å². The van der Waals surface area contributed by atoms with Gasteiger partial charge in [0.1, 0.15) is 5.69 Å². The zero-order valence-corrected chi connectivity index (χ0v) is 10.2. The third kappa shape index (κ3) is 2.67. The van der Waals surface area contributed by atoms with E-state index in [-0.39, 0.29) is 16.5 Å². The van der Waals surface area contributed by atoms with Gasteiger partial charge in [0.2, 0.25) is 10.0 Å². The van der Waals surface area contributed by atoms with E-state index in [1.54, 1.807) is 4.90 Å². The first-order chi connectivity index (χ1) is 7.98. The zero-order valence-electron chi connectivity index (χ0n) is 9.35. The third-order valence-electron chi connectivity index (χ3n) is 2.86. The van der Waals surface area contributed by atoms with Crippen molar-refractivity contribution < 1.29 is 13.2 Å². The summed E-state index contributed by atoms with van der Waals surface area (Å²) in [5, 5.41) is 4.98. The van der Waals surface area contributed by atoms with Gasteiger partial charge in [0, 0.05) is 19.3 Å². The molecule has 2 heterocycles. The lowest BCUT2D eigenvalue weighted by Gasteiger charge is -2.26. The summed E-state index contributed by atoms with van der Waals surface area (Å²) in [7, 11) is -3.75. The van der Waals surface area contributed by atoms with Gasteiger partial charge >= 0.3 is 0 Å². The van der Waals surface area contributed by atoms with E-state index in [4.69, 9.17) is 5.14 Å². The number of amides is 1. The summed E-state index contributed by atoms with van der Waals surface area (Å²) in [5.74, 6) is -0.167. The molecule has 0 aromatic carbocycles. The molecule has 0 unspecified atom stereocenters. The van der Waals surface area contributed by atoms with Crippen LogP contribution in [0.2, 0.25) is 0 Å². The van der Waals surface area contributed by atoms with Crippen LogP contribution in [0.3, 0.4) is 0 Å². The SMILES string of the molecule is NS(=O)(=O)c1c[nH]c(C(=O)N2CCCCC2)c1. The average molecular weight is 257 g/mol. The summed E-state index contributed by atoms with van der Waals surface area (Å²) >= 11 is 0. The van der Waals surface area contributed by atoms with Crippen LogP contribution in [0.25, 0.3) is 0 Å². The van der Waals surface area contributed by atoms with Crippen molar-refractivity contribution in [2.24, 2.45) is 5.14 Å². The number of likely N-dealkylation sites (tertiary alicyclic amines) is 1. The standard InChI is InChI=1S/C10H15N3O3S/c11-17(15,16)8-6-9(12-7-8)10(14)13-4-2-1-3-5-13/h6-7,12H,1-5H2,(H2,11,15,16). The van der Waals surface area contributed by atoms with E-state index in [1.807, 2.05) is 0 Å². The maximum absolute atomic E-state index is 12.0. The highest BCUT2D eigenvalue weighted by atomic mass is 32.2. The van der Waals surface area contributed by atoms with E-state index in [2.05, 4.69) is 4.98 Å². The van der Waals surface area contributed by atoms with Gasteiger partial charge in [-0.25, -0.2) is 13.6 Å². The number of carbonyl (C=O) groups is 1. The molecule has 0 radical (unpaired) electrons. The van der Waals surface area contributed by atoms with Crippen molar-refractivity contribution in [2.45, 2.75) is 24.2 Å².